The molecule has 498 valence electrons. The van der Waals surface area contributed by atoms with Crippen LogP contribution in [0.1, 0.15) is 109 Å². The van der Waals surface area contributed by atoms with Gasteiger partial charge in [-0.15, -0.1) is 0 Å². The summed E-state index contributed by atoms with van der Waals surface area (Å²) < 4.78 is 12.4. The van der Waals surface area contributed by atoms with E-state index in [1.807, 2.05) is 36.4 Å². The van der Waals surface area contributed by atoms with Crippen LogP contribution in [0.3, 0.4) is 0 Å². The molecule has 0 aromatic heterocycles. The highest BCUT2D eigenvalue weighted by Gasteiger charge is 2.46. The molecule has 0 fully saturated rings. The van der Waals surface area contributed by atoms with E-state index in [-0.39, 0.29) is 10.8 Å². The van der Waals surface area contributed by atoms with Crippen molar-refractivity contribution in [1.82, 2.24) is 0 Å². The van der Waals surface area contributed by atoms with Gasteiger partial charge in [-0.1, -0.05) is 306 Å². The highest BCUT2D eigenvalue weighted by molar-refractivity contribution is 6.01. The van der Waals surface area contributed by atoms with Crippen LogP contribution in [0, 0.1) is 0 Å². The van der Waals surface area contributed by atoms with E-state index < -0.39 is 0 Å². The fraction of sp³-hybridized carbons (Fsp3) is 0.143. The second-order valence-corrected chi connectivity index (χ2v) is 27.4. The lowest BCUT2D eigenvalue weighted by atomic mass is 9.69. The van der Waals surface area contributed by atoms with Gasteiger partial charge in [0, 0.05) is 44.4 Å². The van der Waals surface area contributed by atoms with Crippen LogP contribution in [0.15, 0.2) is 341 Å². The maximum absolute atomic E-state index is 6.20. The molecule has 0 heterocycles. The maximum Gasteiger partial charge on any atom is 0.119 e. The lowest BCUT2D eigenvalue weighted by Crippen LogP contribution is -2.27. The smallest absolute Gasteiger partial charge is 0.119 e. The molecule has 16 rings (SSSR count). The molecule has 102 heavy (non-hydrogen) atoms. The van der Waals surface area contributed by atoms with Crippen molar-refractivity contribution < 1.29 is 9.47 Å². The number of hydrogen-bond donors (Lipinski definition) is 0. The van der Waals surface area contributed by atoms with Crippen LogP contribution in [0.5, 0.6) is 11.5 Å². The van der Waals surface area contributed by atoms with E-state index in [1.165, 1.54) is 77.2 Å². The molecule has 0 bridgehead atoms. The standard InChI is InChI=1S/C98H84N2O2/c1-3-71-45-59-83(60-46-71)101-67-25-7-5-23-65-97(77-33-11-9-12-34-77)91-41-21-19-39-87(91)89-63-57-81(69-93(89)97)99(95-43-27-31-75-29-15-17-37-85(75)95)79-53-49-73(50-54-79)74-51-55-80(56-52-74)100(96-44-28-32-76-30-16-18-38-86(76)96)82-58-64-90-88-40-20-22-42-92(88)98(94(90)70-82,78-35-13-10-14-36-78)66-24-6-8-26-68-102-84-61-47-72(4-2)48-62-84/h3-4,9-22,27-64,69-70H,1-2,5-8,23-26,65-68H2. The topological polar surface area (TPSA) is 24.9 Å². The molecule has 0 saturated carbocycles. The highest BCUT2D eigenvalue weighted by atomic mass is 16.5. The Balaban J connectivity index is 0.724. The van der Waals surface area contributed by atoms with Crippen LogP contribution in [-0.2, 0) is 10.8 Å². The Bertz CT molecular complexity index is 4930. The second kappa shape index (κ2) is 29.2. The molecule has 2 unspecified atom stereocenters. The van der Waals surface area contributed by atoms with Crippen LogP contribution in [0.2, 0.25) is 0 Å². The Hall–Kier alpha value is -11.7. The van der Waals surface area contributed by atoms with Crippen LogP contribution in [0.25, 0.3) is 67.1 Å². The van der Waals surface area contributed by atoms with Crippen molar-refractivity contribution in [2.45, 2.75) is 75.0 Å². The van der Waals surface area contributed by atoms with Gasteiger partial charge in [0.15, 0.2) is 0 Å². The first-order chi connectivity index (χ1) is 50.5. The van der Waals surface area contributed by atoms with Crippen molar-refractivity contribution in [2.75, 3.05) is 23.0 Å². The Morgan fingerprint density at radius 1 is 0.284 bits per heavy atom. The van der Waals surface area contributed by atoms with Crippen LogP contribution in [0.4, 0.5) is 34.1 Å². The number of ether oxygens (including phenoxy) is 2. The van der Waals surface area contributed by atoms with Gasteiger partial charge in [0.05, 0.1) is 24.6 Å². The first kappa shape index (κ1) is 64.9. The predicted octanol–water partition coefficient (Wildman–Crippen LogP) is 26.6. The molecule has 0 N–H and O–H groups in total. The highest BCUT2D eigenvalue weighted by Crippen LogP contribution is 2.59. The summed E-state index contributed by atoms with van der Waals surface area (Å²) in [7, 11) is 0. The maximum atomic E-state index is 6.20. The van der Waals surface area contributed by atoms with Crippen LogP contribution in [-0.4, -0.2) is 13.2 Å². The molecule has 0 radical (unpaired) electrons. The first-order valence-electron chi connectivity index (χ1n) is 36.6. The largest absolute Gasteiger partial charge is 0.494 e. The van der Waals surface area contributed by atoms with Gasteiger partial charge in [0.25, 0.3) is 0 Å². The molecular weight excluding hydrogens is 1240 g/mol. The fourth-order valence-electron chi connectivity index (χ4n) is 16.6. The fourth-order valence-corrected chi connectivity index (χ4v) is 16.6. The molecule has 0 aliphatic heterocycles. The Morgan fingerprint density at radius 3 is 1.06 bits per heavy atom. The normalized spacial score (nSPS) is 14.7. The van der Waals surface area contributed by atoms with Gasteiger partial charge in [0.1, 0.15) is 11.5 Å². The minimum absolute atomic E-state index is 0.354. The molecule has 2 aliphatic carbocycles. The van der Waals surface area contributed by atoms with E-state index in [2.05, 4.69) is 326 Å². The molecule has 14 aromatic rings. The number of anilines is 6. The minimum atomic E-state index is -0.354. The summed E-state index contributed by atoms with van der Waals surface area (Å²) >= 11 is 0. The van der Waals surface area contributed by atoms with Crippen molar-refractivity contribution in [1.29, 1.82) is 0 Å². The Morgan fingerprint density at radius 2 is 0.637 bits per heavy atom. The number of nitrogens with zero attached hydrogens (tertiary/aromatic N) is 2. The lowest BCUT2D eigenvalue weighted by molar-refractivity contribution is 0.303. The van der Waals surface area contributed by atoms with Crippen molar-refractivity contribution >= 4 is 67.8 Å². The van der Waals surface area contributed by atoms with E-state index in [0.717, 1.165) is 132 Å². The zero-order chi connectivity index (χ0) is 68.7. The Labute approximate surface area is 601 Å². The summed E-state index contributed by atoms with van der Waals surface area (Å²) in [5.41, 5.74) is 23.9. The van der Waals surface area contributed by atoms with Gasteiger partial charge in [-0.25, -0.2) is 0 Å². The number of fused-ring (bicyclic) bond motifs is 8. The monoisotopic (exact) mass is 1320 g/mol. The van der Waals surface area contributed by atoms with E-state index in [4.69, 9.17) is 9.47 Å². The molecule has 4 nitrogen and oxygen atoms in total. The third kappa shape index (κ3) is 12.5. The summed E-state index contributed by atoms with van der Waals surface area (Å²) in [6.07, 6.45) is 14.3. The SMILES string of the molecule is C=Cc1ccc(OCCCCCCC2(c3ccccc3)c3ccccc3-c3ccc(N(c4ccc(-c5ccc(N(c6ccc7c(c6)C(CCCCCCOc6ccc(C=C)cc6)(c6ccccc6)c6ccccc6-7)c6cccc7ccccc67)cc5)cc4)c4cccc5ccccc45)cc32)cc1. The second-order valence-electron chi connectivity index (χ2n) is 27.4. The van der Waals surface area contributed by atoms with Crippen molar-refractivity contribution in [2.24, 2.45) is 0 Å². The van der Waals surface area contributed by atoms with Gasteiger partial charge < -0.3 is 19.3 Å². The average Bonchev–Trinajstić information content (AvgIpc) is 1.55. The molecule has 4 heteroatoms. The summed E-state index contributed by atoms with van der Waals surface area (Å²) in [6, 6.07) is 121. The minimum Gasteiger partial charge on any atom is -0.494 e. The molecule has 2 atom stereocenters. The van der Waals surface area contributed by atoms with Gasteiger partial charge in [0.2, 0.25) is 0 Å². The number of unbranched alkanes of at least 4 members (excludes halogenated alkanes) is 6. The zero-order valence-corrected chi connectivity index (χ0v) is 57.9. The quantitative estimate of drug-likeness (QED) is 0.0479. The molecule has 14 aromatic carbocycles. The number of rotatable bonds is 27. The molecule has 0 amide bonds. The van der Waals surface area contributed by atoms with E-state index >= 15 is 0 Å². The third-order valence-electron chi connectivity index (χ3n) is 21.6. The lowest BCUT2D eigenvalue weighted by Gasteiger charge is -2.34. The van der Waals surface area contributed by atoms with Gasteiger partial charge in [-0.3, -0.25) is 0 Å². The summed E-state index contributed by atoms with van der Waals surface area (Å²) in [6.45, 7) is 9.21. The predicted molar refractivity (Wildman–Crippen MR) is 430 cm³/mol. The Kier molecular flexibility index (Phi) is 18.6. The molecular formula is C98H84N2O2. The van der Waals surface area contributed by atoms with E-state index in [1.54, 1.807) is 0 Å². The number of hydrogen-bond acceptors (Lipinski definition) is 4. The first-order valence-corrected chi connectivity index (χ1v) is 36.6. The molecule has 2 aliphatic rings. The number of benzene rings is 14. The third-order valence-corrected chi connectivity index (χ3v) is 21.6. The summed E-state index contributed by atoms with van der Waals surface area (Å²) in [4.78, 5) is 4.98. The van der Waals surface area contributed by atoms with Gasteiger partial charge in [-0.05, 0) is 199 Å². The van der Waals surface area contributed by atoms with Crippen LogP contribution >= 0.6 is 0 Å². The zero-order valence-electron chi connectivity index (χ0n) is 57.9. The van der Waals surface area contributed by atoms with Crippen LogP contribution < -0.4 is 19.3 Å². The summed E-state index contributed by atoms with van der Waals surface area (Å²) in [5.74, 6) is 1.82. The van der Waals surface area contributed by atoms with Crippen molar-refractivity contribution in [3.8, 4) is 44.9 Å². The average molecular weight is 1320 g/mol. The van der Waals surface area contributed by atoms with Gasteiger partial charge in [-0.2, -0.15) is 0 Å². The van der Waals surface area contributed by atoms with Crippen molar-refractivity contribution in [3.05, 3.63) is 385 Å². The van der Waals surface area contributed by atoms with Gasteiger partial charge >= 0.3 is 0 Å². The molecule has 0 spiro atoms. The van der Waals surface area contributed by atoms with E-state index in [0.29, 0.717) is 13.2 Å². The summed E-state index contributed by atoms with van der Waals surface area (Å²) in [5, 5.41) is 4.80. The van der Waals surface area contributed by atoms with E-state index in [9.17, 15) is 0 Å². The molecule has 0 saturated heterocycles. The van der Waals surface area contributed by atoms with Crippen molar-refractivity contribution in [3.63, 3.8) is 0 Å².